The molecule has 0 radical (unpaired) electrons. The number of pyridine rings is 1. The van der Waals surface area contributed by atoms with Crippen LogP contribution < -0.4 is 9.64 Å². The van der Waals surface area contributed by atoms with Gasteiger partial charge in [-0.1, -0.05) is 29.8 Å². The lowest BCUT2D eigenvalue weighted by molar-refractivity contribution is 0.405. The number of halogens is 1. The minimum Gasteiger partial charge on any atom is -0.496 e. The van der Waals surface area contributed by atoms with E-state index in [-0.39, 0.29) is 0 Å². The summed E-state index contributed by atoms with van der Waals surface area (Å²) in [5.41, 5.74) is 2.36. The molecule has 1 aliphatic rings. The number of aromatic nitrogens is 1. The molecular weight excluding hydrogens is 272 g/mol. The molecule has 0 aliphatic carbocycles. The summed E-state index contributed by atoms with van der Waals surface area (Å²) in [6.07, 6.45) is 4.05. The standard InChI is InChI=1S/C16H17ClN2O/c1-20-15-7-3-2-5-13(15)14-6-4-10-19(14)12-8-9-18-16(17)11-12/h2-3,5,7-9,11,14H,4,6,10H2,1H3. The number of benzene rings is 1. The summed E-state index contributed by atoms with van der Waals surface area (Å²) in [6.45, 7) is 1.03. The van der Waals surface area contributed by atoms with Crippen molar-refractivity contribution in [1.29, 1.82) is 0 Å². The van der Waals surface area contributed by atoms with Crippen molar-refractivity contribution >= 4 is 17.3 Å². The minimum absolute atomic E-state index is 0.338. The lowest BCUT2D eigenvalue weighted by Gasteiger charge is -2.28. The summed E-state index contributed by atoms with van der Waals surface area (Å²) in [4.78, 5) is 6.44. The monoisotopic (exact) mass is 288 g/mol. The zero-order chi connectivity index (χ0) is 13.9. The molecule has 1 fully saturated rings. The summed E-state index contributed by atoms with van der Waals surface area (Å²) < 4.78 is 5.50. The molecule has 20 heavy (non-hydrogen) atoms. The van der Waals surface area contributed by atoms with Gasteiger partial charge < -0.3 is 9.64 Å². The maximum atomic E-state index is 6.01. The Labute approximate surface area is 124 Å². The fourth-order valence-electron chi connectivity index (χ4n) is 2.91. The molecule has 0 bridgehead atoms. The molecule has 1 aromatic heterocycles. The molecule has 4 heteroatoms. The van der Waals surface area contributed by atoms with Crippen molar-refractivity contribution in [2.45, 2.75) is 18.9 Å². The Kier molecular flexibility index (Phi) is 3.79. The van der Waals surface area contributed by atoms with Crippen LogP contribution in [-0.4, -0.2) is 18.6 Å². The zero-order valence-electron chi connectivity index (χ0n) is 11.4. The van der Waals surface area contributed by atoms with E-state index in [4.69, 9.17) is 16.3 Å². The van der Waals surface area contributed by atoms with Crippen LogP contribution in [0, 0.1) is 0 Å². The smallest absolute Gasteiger partial charge is 0.131 e. The highest BCUT2D eigenvalue weighted by atomic mass is 35.5. The molecule has 0 N–H and O–H groups in total. The van der Waals surface area contributed by atoms with Crippen LogP contribution in [-0.2, 0) is 0 Å². The van der Waals surface area contributed by atoms with Crippen LogP contribution >= 0.6 is 11.6 Å². The fraction of sp³-hybridized carbons (Fsp3) is 0.312. The number of methoxy groups -OCH3 is 1. The van der Waals surface area contributed by atoms with Crippen molar-refractivity contribution < 1.29 is 4.74 Å². The van der Waals surface area contributed by atoms with Gasteiger partial charge in [0.05, 0.1) is 13.2 Å². The van der Waals surface area contributed by atoms with Gasteiger partial charge in [0.2, 0.25) is 0 Å². The SMILES string of the molecule is COc1ccccc1C1CCCN1c1ccnc(Cl)c1. The molecule has 0 amide bonds. The second-order valence-electron chi connectivity index (χ2n) is 4.93. The molecule has 3 rings (SSSR count). The van der Waals surface area contributed by atoms with Crippen molar-refractivity contribution in [2.75, 3.05) is 18.6 Å². The van der Waals surface area contributed by atoms with E-state index in [9.17, 15) is 0 Å². The van der Waals surface area contributed by atoms with E-state index < -0.39 is 0 Å². The molecule has 2 aromatic rings. The van der Waals surface area contributed by atoms with Crippen molar-refractivity contribution in [1.82, 2.24) is 4.98 Å². The molecule has 2 heterocycles. The molecule has 0 saturated carbocycles. The van der Waals surface area contributed by atoms with Gasteiger partial charge in [-0.15, -0.1) is 0 Å². The van der Waals surface area contributed by atoms with E-state index >= 15 is 0 Å². The fourth-order valence-corrected chi connectivity index (χ4v) is 3.08. The van der Waals surface area contributed by atoms with Gasteiger partial charge in [-0.25, -0.2) is 4.98 Å². The maximum Gasteiger partial charge on any atom is 0.131 e. The lowest BCUT2D eigenvalue weighted by Crippen LogP contribution is -2.22. The third-order valence-corrected chi connectivity index (χ3v) is 4.00. The third kappa shape index (κ3) is 2.46. The molecule has 1 unspecified atom stereocenters. The number of rotatable bonds is 3. The van der Waals surface area contributed by atoms with Crippen LogP contribution in [0.4, 0.5) is 5.69 Å². The van der Waals surface area contributed by atoms with Crippen molar-refractivity contribution in [3.63, 3.8) is 0 Å². The summed E-state index contributed by atoms with van der Waals surface area (Å²) in [5.74, 6) is 0.949. The normalized spacial score (nSPS) is 18.3. The van der Waals surface area contributed by atoms with Crippen LogP contribution in [0.15, 0.2) is 42.6 Å². The number of para-hydroxylation sites is 1. The summed E-state index contributed by atoms with van der Waals surface area (Å²) in [5, 5.41) is 0.535. The Hall–Kier alpha value is -1.74. The molecule has 104 valence electrons. The van der Waals surface area contributed by atoms with E-state index in [1.165, 1.54) is 12.0 Å². The number of nitrogens with zero attached hydrogens (tertiary/aromatic N) is 2. The molecule has 1 saturated heterocycles. The Bertz CT molecular complexity index is 603. The maximum absolute atomic E-state index is 6.01. The van der Waals surface area contributed by atoms with Gasteiger partial charge in [0, 0.05) is 24.0 Å². The molecule has 3 nitrogen and oxygen atoms in total. The van der Waals surface area contributed by atoms with Gasteiger partial charge in [0.1, 0.15) is 10.9 Å². The Balaban J connectivity index is 1.96. The molecule has 0 spiro atoms. The quantitative estimate of drug-likeness (QED) is 0.796. The Morgan fingerprint density at radius 3 is 2.95 bits per heavy atom. The summed E-state index contributed by atoms with van der Waals surface area (Å²) in [7, 11) is 1.72. The van der Waals surface area contributed by atoms with Gasteiger partial charge in [0.15, 0.2) is 0 Å². The topological polar surface area (TPSA) is 25.4 Å². The second kappa shape index (κ2) is 5.71. The van der Waals surface area contributed by atoms with Crippen molar-refractivity contribution in [3.05, 3.63) is 53.3 Å². The molecule has 1 aromatic carbocycles. The van der Waals surface area contributed by atoms with Gasteiger partial charge in [-0.05, 0) is 31.0 Å². The van der Waals surface area contributed by atoms with Crippen LogP contribution in [0.3, 0.4) is 0 Å². The Morgan fingerprint density at radius 1 is 1.30 bits per heavy atom. The third-order valence-electron chi connectivity index (χ3n) is 3.79. The average Bonchev–Trinajstić information content (AvgIpc) is 2.96. The van der Waals surface area contributed by atoms with Gasteiger partial charge >= 0.3 is 0 Å². The molecule has 1 atom stereocenters. The van der Waals surface area contributed by atoms with E-state index in [0.29, 0.717) is 11.2 Å². The summed E-state index contributed by atoms with van der Waals surface area (Å²) in [6, 6.07) is 12.5. The highest BCUT2D eigenvalue weighted by molar-refractivity contribution is 6.29. The molecule has 1 aliphatic heterocycles. The Morgan fingerprint density at radius 2 is 2.15 bits per heavy atom. The van der Waals surface area contributed by atoms with E-state index in [2.05, 4.69) is 22.0 Å². The van der Waals surface area contributed by atoms with E-state index in [1.54, 1.807) is 13.3 Å². The first-order valence-electron chi connectivity index (χ1n) is 6.80. The second-order valence-corrected chi connectivity index (χ2v) is 5.32. The number of anilines is 1. The van der Waals surface area contributed by atoms with Gasteiger partial charge in [-0.2, -0.15) is 0 Å². The van der Waals surface area contributed by atoms with Crippen LogP contribution in [0.2, 0.25) is 5.15 Å². The van der Waals surface area contributed by atoms with Crippen LogP contribution in [0.1, 0.15) is 24.4 Å². The number of hydrogen-bond donors (Lipinski definition) is 0. The number of hydrogen-bond acceptors (Lipinski definition) is 3. The number of ether oxygens (including phenoxy) is 1. The highest BCUT2D eigenvalue weighted by Gasteiger charge is 2.28. The largest absolute Gasteiger partial charge is 0.496 e. The van der Waals surface area contributed by atoms with Gasteiger partial charge in [0.25, 0.3) is 0 Å². The van der Waals surface area contributed by atoms with Gasteiger partial charge in [-0.3, -0.25) is 0 Å². The first kappa shape index (κ1) is 13.3. The average molecular weight is 289 g/mol. The molecular formula is C16H17ClN2O. The lowest BCUT2D eigenvalue weighted by atomic mass is 10.0. The zero-order valence-corrected chi connectivity index (χ0v) is 12.2. The first-order chi connectivity index (χ1) is 9.79. The summed E-state index contributed by atoms with van der Waals surface area (Å²) >= 11 is 6.01. The highest BCUT2D eigenvalue weighted by Crippen LogP contribution is 2.39. The predicted molar refractivity (Wildman–Crippen MR) is 81.6 cm³/mol. The van der Waals surface area contributed by atoms with Crippen molar-refractivity contribution in [2.24, 2.45) is 0 Å². The van der Waals surface area contributed by atoms with E-state index in [1.807, 2.05) is 24.3 Å². The minimum atomic E-state index is 0.338. The predicted octanol–water partition coefficient (Wildman–Crippen LogP) is 4.09. The van der Waals surface area contributed by atoms with E-state index in [0.717, 1.165) is 24.4 Å². The van der Waals surface area contributed by atoms with Crippen molar-refractivity contribution in [3.8, 4) is 5.75 Å². The first-order valence-corrected chi connectivity index (χ1v) is 7.18. The van der Waals surface area contributed by atoms with Crippen LogP contribution in [0.25, 0.3) is 0 Å². The van der Waals surface area contributed by atoms with Crippen LogP contribution in [0.5, 0.6) is 5.75 Å².